The van der Waals surface area contributed by atoms with Gasteiger partial charge in [-0.3, -0.25) is 0 Å². The van der Waals surface area contributed by atoms with Crippen molar-refractivity contribution in [3.63, 3.8) is 0 Å². The molecule has 0 aromatic heterocycles. The Hall–Kier alpha value is -1.07. The molecule has 2 nitrogen and oxygen atoms in total. The van der Waals surface area contributed by atoms with Crippen molar-refractivity contribution < 1.29 is 17.9 Å². The minimum Gasteiger partial charge on any atom is -0.371 e. The van der Waals surface area contributed by atoms with Crippen LogP contribution in [-0.2, 0) is 4.74 Å². The molecule has 1 aromatic carbocycles. The summed E-state index contributed by atoms with van der Waals surface area (Å²) < 4.78 is 40.3. The second-order valence-corrected chi connectivity index (χ2v) is 5.16. The van der Waals surface area contributed by atoms with E-state index in [1.54, 1.807) is 0 Å². The Bertz CT molecular complexity index is 420. The summed E-state index contributed by atoms with van der Waals surface area (Å²) in [6.07, 6.45) is -4.25. The van der Waals surface area contributed by atoms with Crippen LogP contribution in [0.4, 0.5) is 13.2 Å². The van der Waals surface area contributed by atoms with E-state index >= 15 is 0 Å². The van der Waals surface area contributed by atoms with Crippen LogP contribution in [0.1, 0.15) is 35.2 Å². The largest absolute Gasteiger partial charge is 0.411 e. The quantitative estimate of drug-likeness (QED) is 0.803. The van der Waals surface area contributed by atoms with Gasteiger partial charge in [-0.25, -0.2) is 0 Å². The molecule has 20 heavy (non-hydrogen) atoms. The van der Waals surface area contributed by atoms with Crippen LogP contribution in [0.15, 0.2) is 12.1 Å². The average Bonchev–Trinajstić information content (AvgIpc) is 2.25. The molecule has 0 heterocycles. The predicted molar refractivity (Wildman–Crippen MR) is 73.9 cm³/mol. The number of nitrogens with one attached hydrogen (secondary N) is 1. The maximum Gasteiger partial charge on any atom is 0.411 e. The topological polar surface area (TPSA) is 21.3 Å². The molecule has 1 atom stereocenters. The Kier molecular flexibility index (Phi) is 6.02. The van der Waals surface area contributed by atoms with Crippen molar-refractivity contribution in [2.75, 3.05) is 19.8 Å². The van der Waals surface area contributed by atoms with Crippen LogP contribution in [0.5, 0.6) is 0 Å². The van der Waals surface area contributed by atoms with Gasteiger partial charge in [0.2, 0.25) is 0 Å². The van der Waals surface area contributed by atoms with E-state index in [-0.39, 0.29) is 12.6 Å². The summed E-state index contributed by atoms with van der Waals surface area (Å²) in [5.41, 5.74) is 4.80. The summed E-state index contributed by atoms with van der Waals surface area (Å²) in [5.74, 6) is 0. The number of rotatable bonds is 6. The van der Waals surface area contributed by atoms with E-state index in [9.17, 15) is 13.2 Å². The van der Waals surface area contributed by atoms with Crippen molar-refractivity contribution in [2.24, 2.45) is 0 Å². The van der Waals surface area contributed by atoms with Crippen molar-refractivity contribution in [1.29, 1.82) is 0 Å². The number of benzene rings is 1. The molecule has 1 aromatic rings. The maximum atomic E-state index is 11.9. The first-order valence-corrected chi connectivity index (χ1v) is 6.66. The first-order valence-electron chi connectivity index (χ1n) is 6.66. The van der Waals surface area contributed by atoms with E-state index in [1.165, 1.54) is 22.3 Å². The average molecular weight is 289 g/mol. The van der Waals surface area contributed by atoms with Gasteiger partial charge in [0.1, 0.15) is 6.61 Å². The zero-order valence-corrected chi connectivity index (χ0v) is 12.4. The van der Waals surface area contributed by atoms with Gasteiger partial charge in [-0.05, 0) is 44.4 Å². The Labute approximate surface area is 118 Å². The molecule has 0 amide bonds. The van der Waals surface area contributed by atoms with Gasteiger partial charge >= 0.3 is 6.18 Å². The van der Waals surface area contributed by atoms with Gasteiger partial charge in [-0.1, -0.05) is 17.7 Å². The molecular weight excluding hydrogens is 267 g/mol. The van der Waals surface area contributed by atoms with Gasteiger partial charge in [0.25, 0.3) is 0 Å². The van der Waals surface area contributed by atoms with Crippen LogP contribution in [0, 0.1) is 20.8 Å². The number of alkyl halides is 3. The smallest absolute Gasteiger partial charge is 0.371 e. The molecular formula is C15H22F3NO. The molecule has 0 aliphatic rings. The van der Waals surface area contributed by atoms with Crippen LogP contribution in [0.3, 0.4) is 0 Å². The van der Waals surface area contributed by atoms with Crippen molar-refractivity contribution in [1.82, 2.24) is 5.32 Å². The van der Waals surface area contributed by atoms with Gasteiger partial charge in [0.05, 0.1) is 6.61 Å². The second-order valence-electron chi connectivity index (χ2n) is 5.16. The molecule has 0 saturated heterocycles. The highest BCUT2D eigenvalue weighted by Crippen LogP contribution is 2.23. The Morgan fingerprint density at radius 3 is 2.20 bits per heavy atom. The molecule has 1 N–H and O–H groups in total. The first kappa shape index (κ1) is 17.0. The highest BCUT2D eigenvalue weighted by atomic mass is 19.4. The number of hydrogen-bond donors (Lipinski definition) is 1. The van der Waals surface area contributed by atoms with Gasteiger partial charge in [-0.15, -0.1) is 0 Å². The van der Waals surface area contributed by atoms with Crippen LogP contribution in [-0.4, -0.2) is 25.9 Å². The van der Waals surface area contributed by atoms with E-state index in [4.69, 9.17) is 0 Å². The molecule has 0 fully saturated rings. The van der Waals surface area contributed by atoms with Crippen LogP contribution in [0.25, 0.3) is 0 Å². The summed E-state index contributed by atoms with van der Waals surface area (Å²) in [7, 11) is 0. The maximum absolute atomic E-state index is 11.9. The highest BCUT2D eigenvalue weighted by Gasteiger charge is 2.27. The van der Waals surface area contributed by atoms with E-state index < -0.39 is 12.8 Å². The fourth-order valence-electron chi connectivity index (χ4n) is 2.51. The van der Waals surface area contributed by atoms with E-state index in [1.807, 2.05) is 27.7 Å². The van der Waals surface area contributed by atoms with Gasteiger partial charge in [-0.2, -0.15) is 13.2 Å². The Morgan fingerprint density at radius 2 is 1.70 bits per heavy atom. The highest BCUT2D eigenvalue weighted by molar-refractivity contribution is 5.39. The monoisotopic (exact) mass is 289 g/mol. The zero-order chi connectivity index (χ0) is 15.3. The summed E-state index contributed by atoms with van der Waals surface area (Å²) >= 11 is 0. The lowest BCUT2D eigenvalue weighted by molar-refractivity contribution is -0.173. The first-order chi connectivity index (χ1) is 9.20. The minimum absolute atomic E-state index is 0.0494. The minimum atomic E-state index is -4.25. The van der Waals surface area contributed by atoms with Crippen LogP contribution in [0.2, 0.25) is 0 Å². The third kappa shape index (κ3) is 5.51. The third-order valence-electron chi connectivity index (χ3n) is 3.13. The fraction of sp³-hybridized carbons (Fsp3) is 0.600. The van der Waals surface area contributed by atoms with E-state index in [0.717, 1.165) is 0 Å². The molecule has 0 bridgehead atoms. The summed E-state index contributed by atoms with van der Waals surface area (Å²) in [6, 6.07) is 4.31. The Balaban J connectivity index is 2.46. The second kappa shape index (κ2) is 7.09. The number of aryl methyl sites for hydroxylation is 3. The normalized spacial score (nSPS) is 13.6. The molecule has 114 valence electrons. The molecule has 0 spiro atoms. The summed E-state index contributed by atoms with van der Waals surface area (Å²) in [6.45, 7) is 7.41. The number of halogens is 3. The van der Waals surface area contributed by atoms with Crippen LogP contribution >= 0.6 is 0 Å². The molecule has 0 radical (unpaired) electrons. The molecule has 0 saturated carbocycles. The third-order valence-corrected chi connectivity index (χ3v) is 3.13. The lowest BCUT2D eigenvalue weighted by Gasteiger charge is -2.20. The van der Waals surface area contributed by atoms with Crippen molar-refractivity contribution in [3.05, 3.63) is 34.4 Å². The fourth-order valence-corrected chi connectivity index (χ4v) is 2.51. The Morgan fingerprint density at radius 1 is 1.15 bits per heavy atom. The summed E-state index contributed by atoms with van der Waals surface area (Å²) in [4.78, 5) is 0. The molecule has 1 unspecified atom stereocenters. The molecule has 1 rings (SSSR count). The molecule has 5 heteroatoms. The number of hydrogen-bond acceptors (Lipinski definition) is 2. The van der Waals surface area contributed by atoms with Crippen molar-refractivity contribution in [3.8, 4) is 0 Å². The summed E-state index contributed by atoms with van der Waals surface area (Å²) in [5, 5.41) is 3.19. The van der Waals surface area contributed by atoms with Crippen LogP contribution < -0.4 is 5.32 Å². The van der Waals surface area contributed by atoms with E-state index in [2.05, 4.69) is 22.2 Å². The predicted octanol–water partition coefficient (Wildman–Crippen LogP) is 3.84. The number of ether oxygens (including phenoxy) is 1. The van der Waals surface area contributed by atoms with E-state index in [0.29, 0.717) is 6.54 Å². The van der Waals surface area contributed by atoms with Crippen molar-refractivity contribution >= 4 is 0 Å². The molecule has 0 aliphatic carbocycles. The lowest BCUT2D eigenvalue weighted by Crippen LogP contribution is -2.26. The zero-order valence-electron chi connectivity index (χ0n) is 12.4. The van der Waals surface area contributed by atoms with Gasteiger partial charge in [0, 0.05) is 12.6 Å². The SMILES string of the molecule is Cc1cc(C)c(C(C)NCCOCC(F)(F)F)c(C)c1. The van der Waals surface area contributed by atoms with Crippen molar-refractivity contribution in [2.45, 2.75) is 39.9 Å². The lowest BCUT2D eigenvalue weighted by atomic mass is 9.95. The van der Waals surface area contributed by atoms with Gasteiger partial charge in [0.15, 0.2) is 0 Å². The standard InChI is InChI=1S/C15H22F3NO/c1-10-7-11(2)14(12(3)8-10)13(4)19-5-6-20-9-15(16,17)18/h7-8,13,19H,5-6,9H2,1-4H3. The molecule has 0 aliphatic heterocycles. The van der Waals surface area contributed by atoms with Gasteiger partial charge < -0.3 is 10.1 Å².